The molecule has 0 N–H and O–H groups in total. The molecule has 1 aliphatic heterocycles. The van der Waals surface area contributed by atoms with Gasteiger partial charge in [0.1, 0.15) is 5.92 Å². The van der Waals surface area contributed by atoms with Gasteiger partial charge < -0.3 is 23.7 Å². The van der Waals surface area contributed by atoms with Gasteiger partial charge in [0.25, 0.3) is 0 Å². The highest BCUT2D eigenvalue weighted by atomic mass is 79.9. The maximum Gasteiger partial charge on any atom is 0.315 e. The van der Waals surface area contributed by atoms with Crippen LogP contribution >= 0.6 is 15.9 Å². The van der Waals surface area contributed by atoms with E-state index < -0.39 is 17.8 Å². The van der Waals surface area contributed by atoms with Crippen molar-refractivity contribution in [1.29, 1.82) is 0 Å². The Labute approximate surface area is 250 Å². The number of esters is 1. The van der Waals surface area contributed by atoms with E-state index in [0.29, 0.717) is 63.9 Å². The monoisotopic (exact) mass is 627 g/mol. The Morgan fingerprint density at radius 3 is 2.34 bits per heavy atom. The Morgan fingerprint density at radius 2 is 1.71 bits per heavy atom. The summed E-state index contributed by atoms with van der Waals surface area (Å²) in [6.45, 7) is 7.99. The highest BCUT2D eigenvalue weighted by Crippen LogP contribution is 2.50. The quantitative estimate of drug-likeness (QED) is 0.268. The lowest BCUT2D eigenvalue weighted by atomic mass is 9.69. The van der Waals surface area contributed by atoms with Gasteiger partial charge in [-0.3, -0.25) is 14.6 Å². The predicted octanol–water partition coefficient (Wildman–Crippen LogP) is 6.79. The number of Topliss-reactive ketones (excluding diaryl/α,β-unsaturated/α-hetero) is 1. The minimum Gasteiger partial charge on any atom is -0.493 e. The van der Waals surface area contributed by atoms with Crippen molar-refractivity contribution < 1.29 is 33.3 Å². The minimum absolute atomic E-state index is 0.0430. The largest absolute Gasteiger partial charge is 0.493 e. The van der Waals surface area contributed by atoms with Crippen LogP contribution in [0.25, 0.3) is 0 Å². The van der Waals surface area contributed by atoms with Gasteiger partial charge >= 0.3 is 5.97 Å². The van der Waals surface area contributed by atoms with Crippen LogP contribution in [0.4, 0.5) is 0 Å². The third-order valence-corrected chi connectivity index (χ3v) is 8.40. The smallest absolute Gasteiger partial charge is 0.315 e. The summed E-state index contributed by atoms with van der Waals surface area (Å²) in [5.74, 6) is 0.452. The van der Waals surface area contributed by atoms with Crippen LogP contribution in [0.1, 0.15) is 69.9 Å². The van der Waals surface area contributed by atoms with Gasteiger partial charge in [-0.05, 0) is 90.9 Å². The number of benzene rings is 2. The summed E-state index contributed by atoms with van der Waals surface area (Å²) >= 11 is 3.61. The summed E-state index contributed by atoms with van der Waals surface area (Å²) in [5.41, 5.74) is 3.59. The molecule has 0 saturated heterocycles. The van der Waals surface area contributed by atoms with Crippen LogP contribution in [0.2, 0.25) is 0 Å². The van der Waals surface area contributed by atoms with Crippen molar-refractivity contribution in [2.75, 3.05) is 27.9 Å². The van der Waals surface area contributed by atoms with Gasteiger partial charge in [-0.1, -0.05) is 13.0 Å². The van der Waals surface area contributed by atoms with Crippen molar-refractivity contribution in [2.24, 2.45) is 10.9 Å². The average molecular weight is 629 g/mol. The maximum atomic E-state index is 14.0. The summed E-state index contributed by atoms with van der Waals surface area (Å²) in [4.78, 5) is 32.6. The number of nitrogens with zero attached hydrogens (tertiary/aromatic N) is 1. The molecule has 0 saturated carbocycles. The summed E-state index contributed by atoms with van der Waals surface area (Å²) in [6.07, 6.45) is 1.25. The van der Waals surface area contributed by atoms with E-state index in [-0.39, 0.29) is 24.2 Å². The second-order valence-electron chi connectivity index (χ2n) is 10.3. The van der Waals surface area contributed by atoms with Crippen LogP contribution in [0, 0.1) is 5.92 Å². The normalized spacial score (nSPS) is 21.0. The van der Waals surface area contributed by atoms with E-state index in [0.717, 1.165) is 11.1 Å². The van der Waals surface area contributed by atoms with Crippen molar-refractivity contribution in [3.63, 3.8) is 0 Å². The van der Waals surface area contributed by atoms with E-state index in [4.69, 9.17) is 28.7 Å². The summed E-state index contributed by atoms with van der Waals surface area (Å²) in [7, 11) is 4.76. The van der Waals surface area contributed by atoms with E-state index in [1.165, 1.54) is 0 Å². The second kappa shape index (κ2) is 13.1. The number of halogens is 1. The van der Waals surface area contributed by atoms with E-state index in [9.17, 15) is 9.59 Å². The van der Waals surface area contributed by atoms with Gasteiger partial charge in [0.15, 0.2) is 28.8 Å². The van der Waals surface area contributed by atoms with Crippen molar-refractivity contribution in [3.8, 4) is 23.0 Å². The Morgan fingerprint density at radius 1 is 1.00 bits per heavy atom. The predicted molar refractivity (Wildman–Crippen MR) is 161 cm³/mol. The molecule has 0 radical (unpaired) electrons. The van der Waals surface area contributed by atoms with Crippen LogP contribution < -0.4 is 18.9 Å². The SMILES string of the molecule is CCOc1cc([C@@H]2C3=C(C[C@@H](c4ccc(OC)c(OC)c4)CC3=O)N=C(C)C2C(=O)O[C@H](C)CC)cc(Br)c1OC. The van der Waals surface area contributed by atoms with E-state index in [1.807, 2.05) is 58.0 Å². The number of allylic oxidation sites excluding steroid dienone is 2. The number of rotatable bonds is 10. The van der Waals surface area contributed by atoms with Crippen molar-refractivity contribution in [1.82, 2.24) is 0 Å². The number of carbonyl (C=O) groups excluding carboxylic acids is 2. The average Bonchev–Trinajstić information content (AvgIpc) is 2.95. The lowest BCUT2D eigenvalue weighted by Crippen LogP contribution is -2.39. The number of aliphatic imine (C=N–C) groups is 1. The number of methoxy groups -OCH3 is 3. The first-order valence-corrected chi connectivity index (χ1v) is 14.7. The molecule has 9 heteroatoms. The fourth-order valence-corrected chi connectivity index (χ4v) is 6.27. The maximum absolute atomic E-state index is 14.0. The van der Waals surface area contributed by atoms with Gasteiger partial charge in [-0.2, -0.15) is 0 Å². The molecule has 41 heavy (non-hydrogen) atoms. The molecule has 0 fully saturated rings. The molecule has 0 amide bonds. The van der Waals surface area contributed by atoms with E-state index in [1.54, 1.807) is 21.3 Å². The number of carbonyl (C=O) groups is 2. The molecule has 220 valence electrons. The van der Waals surface area contributed by atoms with Crippen LogP contribution in [0.3, 0.4) is 0 Å². The third-order valence-electron chi connectivity index (χ3n) is 7.81. The number of hydrogen-bond donors (Lipinski definition) is 0. The molecule has 4 atom stereocenters. The molecule has 2 aliphatic rings. The topological polar surface area (TPSA) is 92.7 Å². The molecule has 0 aromatic heterocycles. The van der Waals surface area contributed by atoms with Gasteiger partial charge in [-0.25, -0.2) is 0 Å². The number of hydrogen-bond acceptors (Lipinski definition) is 8. The lowest BCUT2D eigenvalue weighted by Gasteiger charge is -2.37. The zero-order chi connectivity index (χ0) is 29.8. The molecular weight excluding hydrogens is 590 g/mol. The molecule has 1 heterocycles. The van der Waals surface area contributed by atoms with E-state index in [2.05, 4.69) is 15.9 Å². The fourth-order valence-electron chi connectivity index (χ4n) is 5.65. The first-order chi connectivity index (χ1) is 19.7. The molecule has 8 nitrogen and oxygen atoms in total. The van der Waals surface area contributed by atoms with Crippen LogP contribution in [-0.2, 0) is 14.3 Å². The highest BCUT2D eigenvalue weighted by molar-refractivity contribution is 9.10. The molecule has 0 spiro atoms. The van der Waals surface area contributed by atoms with E-state index >= 15 is 0 Å². The van der Waals surface area contributed by atoms with Gasteiger partial charge in [0.05, 0.1) is 38.5 Å². The lowest BCUT2D eigenvalue weighted by molar-refractivity contribution is -0.151. The molecule has 1 unspecified atom stereocenters. The minimum atomic E-state index is -0.751. The van der Waals surface area contributed by atoms with Crippen molar-refractivity contribution in [2.45, 2.75) is 64.9 Å². The van der Waals surface area contributed by atoms with Gasteiger partial charge in [-0.15, -0.1) is 0 Å². The standard InChI is InChI=1S/C32H38BrNO7/c1-8-17(3)41-32(36)28-18(4)34-23-13-20(19-10-11-25(37-5)26(15-19)38-6)14-24(35)30(23)29(28)21-12-22(33)31(39-7)27(16-21)40-9-2/h10-12,15-17,20,28-29H,8-9,13-14H2,1-7H3/t17-,20-,28?,29+/m1/s1. The van der Waals surface area contributed by atoms with Gasteiger partial charge in [0.2, 0.25) is 0 Å². The Kier molecular flexibility index (Phi) is 9.79. The molecule has 0 bridgehead atoms. The molecule has 2 aromatic rings. The zero-order valence-electron chi connectivity index (χ0n) is 24.7. The fraction of sp³-hybridized carbons (Fsp3) is 0.469. The van der Waals surface area contributed by atoms with Crippen molar-refractivity contribution >= 4 is 33.4 Å². The van der Waals surface area contributed by atoms with Gasteiger partial charge in [0, 0.05) is 29.3 Å². The summed E-state index contributed by atoms with van der Waals surface area (Å²) < 4.78 is 28.9. The second-order valence-corrected chi connectivity index (χ2v) is 11.2. The summed E-state index contributed by atoms with van der Waals surface area (Å²) in [6, 6.07) is 9.49. The molecule has 2 aromatic carbocycles. The van der Waals surface area contributed by atoms with Crippen LogP contribution in [0.5, 0.6) is 23.0 Å². The Balaban J connectivity index is 1.84. The number of ketones is 1. The first-order valence-electron chi connectivity index (χ1n) is 13.9. The Bertz CT molecular complexity index is 1380. The molecule has 1 aliphatic carbocycles. The molecular formula is C32H38BrNO7. The number of ether oxygens (including phenoxy) is 5. The van der Waals surface area contributed by atoms with Crippen molar-refractivity contribution in [3.05, 3.63) is 57.2 Å². The summed E-state index contributed by atoms with van der Waals surface area (Å²) in [5, 5.41) is 0. The van der Waals surface area contributed by atoms with Crippen LogP contribution in [-0.4, -0.2) is 51.5 Å². The zero-order valence-corrected chi connectivity index (χ0v) is 26.3. The molecule has 4 rings (SSSR count). The first kappa shape index (κ1) is 30.6. The Hall–Kier alpha value is -3.33. The highest BCUT2D eigenvalue weighted by Gasteiger charge is 2.45. The third kappa shape index (κ3) is 6.15. The van der Waals surface area contributed by atoms with Crippen LogP contribution in [0.15, 0.2) is 51.1 Å².